The summed E-state index contributed by atoms with van der Waals surface area (Å²) in [5, 5.41) is 9.14. The Kier molecular flexibility index (Phi) is 4.70. The van der Waals surface area contributed by atoms with E-state index in [9.17, 15) is 4.79 Å². The molecule has 1 N–H and O–H groups in total. The van der Waals surface area contributed by atoms with Crippen LogP contribution in [0.5, 0.6) is 0 Å². The first kappa shape index (κ1) is 13.2. The van der Waals surface area contributed by atoms with Crippen LogP contribution in [0.3, 0.4) is 0 Å². The molecule has 2 aliphatic heterocycles. The second-order valence-electron chi connectivity index (χ2n) is 4.85. The van der Waals surface area contributed by atoms with Crippen LogP contribution >= 0.6 is 11.8 Å². The number of hydrogen-bond acceptors (Lipinski definition) is 4. The van der Waals surface area contributed by atoms with Crippen molar-refractivity contribution < 1.29 is 9.90 Å². The molecule has 0 bridgehead atoms. The van der Waals surface area contributed by atoms with Crippen molar-refractivity contribution >= 4 is 17.7 Å². The minimum atomic E-state index is -0.669. The lowest BCUT2D eigenvalue weighted by atomic mass is 10.1. The largest absolute Gasteiger partial charge is 0.480 e. The first-order valence-electron chi connectivity index (χ1n) is 6.51. The molecule has 4 nitrogen and oxygen atoms in total. The smallest absolute Gasteiger partial charge is 0.320 e. The molecule has 2 fully saturated rings. The van der Waals surface area contributed by atoms with Gasteiger partial charge in [0.15, 0.2) is 0 Å². The van der Waals surface area contributed by atoms with Crippen molar-refractivity contribution in [3.63, 3.8) is 0 Å². The number of piperazine rings is 1. The van der Waals surface area contributed by atoms with Crippen LogP contribution in [0.25, 0.3) is 0 Å². The van der Waals surface area contributed by atoms with Crippen molar-refractivity contribution in [1.29, 1.82) is 0 Å². The van der Waals surface area contributed by atoms with Crippen LogP contribution in [0.2, 0.25) is 0 Å². The van der Waals surface area contributed by atoms with Gasteiger partial charge >= 0.3 is 5.97 Å². The predicted octanol–water partition coefficient (Wildman–Crippen LogP) is 0.973. The Labute approximate surface area is 107 Å². The fourth-order valence-electron chi connectivity index (χ4n) is 2.81. The van der Waals surface area contributed by atoms with Gasteiger partial charge in [0.1, 0.15) is 6.04 Å². The summed E-state index contributed by atoms with van der Waals surface area (Å²) in [4.78, 5) is 15.8. The molecule has 2 atom stereocenters. The molecule has 0 spiro atoms. The minimum Gasteiger partial charge on any atom is -0.480 e. The maximum Gasteiger partial charge on any atom is 0.320 e. The highest BCUT2D eigenvalue weighted by molar-refractivity contribution is 7.99. The number of carboxylic acid groups (broad SMARTS) is 1. The summed E-state index contributed by atoms with van der Waals surface area (Å²) in [6, 6.07) is 0.460. The Morgan fingerprint density at radius 2 is 2.12 bits per heavy atom. The Balaban J connectivity index is 1.82. The van der Waals surface area contributed by atoms with Gasteiger partial charge in [-0.25, -0.2) is 0 Å². The zero-order chi connectivity index (χ0) is 12.3. The maximum atomic E-state index is 11.1. The van der Waals surface area contributed by atoms with Gasteiger partial charge < -0.3 is 5.11 Å². The fraction of sp³-hybridized carbons (Fsp3) is 0.917. The summed E-state index contributed by atoms with van der Waals surface area (Å²) >= 11 is 2.04. The first-order valence-corrected chi connectivity index (χ1v) is 7.66. The van der Waals surface area contributed by atoms with Crippen LogP contribution in [0.4, 0.5) is 0 Å². The zero-order valence-electron chi connectivity index (χ0n) is 10.5. The van der Waals surface area contributed by atoms with E-state index in [2.05, 4.69) is 9.80 Å². The molecule has 2 rings (SSSR count). The van der Waals surface area contributed by atoms with Gasteiger partial charge in [-0.05, 0) is 18.6 Å². The summed E-state index contributed by atoms with van der Waals surface area (Å²) in [5.74, 6) is 1.88. The molecule has 0 aromatic rings. The van der Waals surface area contributed by atoms with Gasteiger partial charge in [0, 0.05) is 38.0 Å². The van der Waals surface area contributed by atoms with Crippen LogP contribution in [0, 0.1) is 0 Å². The zero-order valence-corrected chi connectivity index (χ0v) is 11.3. The highest BCUT2D eigenvalue weighted by Gasteiger charge is 2.30. The van der Waals surface area contributed by atoms with Gasteiger partial charge in [0.05, 0.1) is 0 Å². The van der Waals surface area contributed by atoms with E-state index in [1.54, 1.807) is 0 Å². The van der Waals surface area contributed by atoms with Crippen LogP contribution in [0.1, 0.15) is 19.8 Å². The van der Waals surface area contributed by atoms with Crippen molar-refractivity contribution in [2.45, 2.75) is 31.8 Å². The number of thioether (sulfide) groups is 1. The van der Waals surface area contributed by atoms with E-state index in [1.807, 2.05) is 18.7 Å². The summed E-state index contributed by atoms with van der Waals surface area (Å²) in [6.45, 7) is 5.85. The van der Waals surface area contributed by atoms with Crippen molar-refractivity contribution in [2.75, 3.05) is 37.7 Å². The fourth-order valence-corrected chi connectivity index (χ4v) is 4.07. The standard InChI is InChI=1S/C12H22N2O2S/c1-2-11(12(15)16)14-6-4-13(5-7-14)10-3-8-17-9-10/h10-11H,2-9H2,1H3,(H,15,16)/t10-,11+/m0/s1. The van der Waals surface area contributed by atoms with E-state index in [0.717, 1.165) is 32.2 Å². The molecule has 0 saturated carbocycles. The minimum absolute atomic E-state index is 0.282. The summed E-state index contributed by atoms with van der Waals surface area (Å²) in [7, 11) is 0. The second kappa shape index (κ2) is 6.07. The van der Waals surface area contributed by atoms with E-state index in [-0.39, 0.29) is 6.04 Å². The Morgan fingerprint density at radius 3 is 2.59 bits per heavy atom. The molecule has 5 heteroatoms. The number of hydrogen-bond donors (Lipinski definition) is 1. The lowest BCUT2D eigenvalue weighted by Crippen LogP contribution is -2.54. The summed E-state index contributed by atoms with van der Waals surface area (Å²) in [6.07, 6.45) is 2.01. The highest BCUT2D eigenvalue weighted by Crippen LogP contribution is 2.23. The van der Waals surface area contributed by atoms with Gasteiger partial charge in [-0.1, -0.05) is 6.92 Å². The molecule has 2 aliphatic rings. The lowest BCUT2D eigenvalue weighted by Gasteiger charge is -2.39. The normalized spacial score (nSPS) is 29.4. The van der Waals surface area contributed by atoms with Gasteiger partial charge in [0.25, 0.3) is 0 Å². The van der Waals surface area contributed by atoms with Gasteiger partial charge in [-0.2, -0.15) is 11.8 Å². The Morgan fingerprint density at radius 1 is 1.41 bits per heavy atom. The maximum absolute atomic E-state index is 11.1. The molecule has 2 heterocycles. The number of carbonyl (C=O) groups is 1. The quantitative estimate of drug-likeness (QED) is 0.814. The number of rotatable bonds is 4. The molecule has 0 aliphatic carbocycles. The van der Waals surface area contributed by atoms with E-state index in [4.69, 9.17) is 5.11 Å². The van der Waals surface area contributed by atoms with Gasteiger partial charge in [-0.15, -0.1) is 0 Å². The molecular formula is C12H22N2O2S. The Hall–Kier alpha value is -0.260. The second-order valence-corrected chi connectivity index (χ2v) is 6.00. The van der Waals surface area contributed by atoms with Gasteiger partial charge in [-0.3, -0.25) is 14.6 Å². The van der Waals surface area contributed by atoms with Crippen molar-refractivity contribution in [2.24, 2.45) is 0 Å². The molecule has 0 amide bonds. The summed E-state index contributed by atoms with van der Waals surface area (Å²) < 4.78 is 0. The molecule has 2 saturated heterocycles. The van der Waals surface area contributed by atoms with Gasteiger partial charge in [0.2, 0.25) is 0 Å². The van der Waals surface area contributed by atoms with Crippen LogP contribution in [0.15, 0.2) is 0 Å². The molecule has 0 unspecified atom stereocenters. The monoisotopic (exact) mass is 258 g/mol. The van der Waals surface area contributed by atoms with Crippen LogP contribution in [-0.2, 0) is 4.79 Å². The van der Waals surface area contributed by atoms with Crippen LogP contribution < -0.4 is 0 Å². The predicted molar refractivity (Wildman–Crippen MR) is 70.6 cm³/mol. The molecule has 98 valence electrons. The Bertz CT molecular complexity index is 261. The van der Waals surface area contributed by atoms with E-state index in [0.29, 0.717) is 6.42 Å². The molecule has 17 heavy (non-hydrogen) atoms. The molecule has 0 aromatic carbocycles. The number of carboxylic acids is 1. The van der Waals surface area contributed by atoms with E-state index in [1.165, 1.54) is 17.9 Å². The van der Waals surface area contributed by atoms with Crippen molar-refractivity contribution in [3.05, 3.63) is 0 Å². The third-order valence-corrected chi connectivity index (χ3v) is 5.03. The average molecular weight is 258 g/mol. The molecule has 0 aromatic heterocycles. The lowest BCUT2D eigenvalue weighted by molar-refractivity contribution is -0.144. The average Bonchev–Trinajstić information content (AvgIpc) is 2.84. The molecule has 0 radical (unpaired) electrons. The van der Waals surface area contributed by atoms with E-state index >= 15 is 0 Å². The van der Waals surface area contributed by atoms with E-state index < -0.39 is 5.97 Å². The topological polar surface area (TPSA) is 43.8 Å². The van der Waals surface area contributed by atoms with Crippen molar-refractivity contribution in [3.8, 4) is 0 Å². The highest BCUT2D eigenvalue weighted by atomic mass is 32.2. The van der Waals surface area contributed by atoms with Crippen molar-refractivity contribution in [1.82, 2.24) is 9.80 Å². The SMILES string of the molecule is CC[C@H](C(=O)O)N1CCN([C@H]2CCSC2)CC1. The number of aliphatic carboxylic acids is 1. The third kappa shape index (κ3) is 3.14. The third-order valence-electron chi connectivity index (χ3n) is 3.88. The molecular weight excluding hydrogens is 236 g/mol. The summed E-state index contributed by atoms with van der Waals surface area (Å²) in [5.41, 5.74) is 0. The first-order chi connectivity index (χ1) is 8.22. The van der Waals surface area contributed by atoms with Crippen LogP contribution in [-0.4, -0.2) is 70.6 Å². The number of nitrogens with zero attached hydrogens (tertiary/aromatic N) is 2.